The molecule has 9 heteroatoms. The van der Waals surface area contributed by atoms with Crippen LogP contribution in [0.4, 0.5) is 0 Å². The van der Waals surface area contributed by atoms with Crippen molar-refractivity contribution in [3.05, 3.63) is 58.9 Å². The molecule has 0 saturated heterocycles. The minimum absolute atomic E-state index is 0. The fraction of sp³-hybridized carbons (Fsp3) is 0.375. The fourth-order valence-corrected chi connectivity index (χ4v) is 4.50. The quantitative estimate of drug-likeness (QED) is 0.471. The summed E-state index contributed by atoms with van der Waals surface area (Å²) >= 11 is 0. The number of Topliss-reactive ketones (excluding diaryl/α,β-unsaturated/α-hetero) is 1. The van der Waals surface area contributed by atoms with Gasteiger partial charge in [0, 0.05) is 59.9 Å². The summed E-state index contributed by atoms with van der Waals surface area (Å²) in [5, 5.41) is 20.7. The number of hydrogen-bond donors (Lipinski definition) is 1. The third kappa shape index (κ3) is 4.84. The molecular formula is C24H29BNO6Y-2. The van der Waals surface area contributed by atoms with E-state index >= 15 is 0 Å². The summed E-state index contributed by atoms with van der Waals surface area (Å²) in [6.45, 7) is 5.41. The van der Waals surface area contributed by atoms with Crippen LogP contribution in [-0.2, 0) is 44.1 Å². The van der Waals surface area contributed by atoms with Gasteiger partial charge in [-0.1, -0.05) is 7.43 Å². The van der Waals surface area contributed by atoms with Crippen LogP contribution >= 0.6 is 0 Å². The van der Waals surface area contributed by atoms with Gasteiger partial charge in [-0.05, 0) is 47.9 Å². The maximum Gasteiger partial charge on any atom is 0.231 e. The molecule has 33 heavy (non-hydrogen) atoms. The summed E-state index contributed by atoms with van der Waals surface area (Å²) in [5.41, 5.74) is 2.63. The zero-order valence-electron chi connectivity index (χ0n) is 18.3. The molecule has 0 bridgehead atoms. The molecule has 1 aliphatic carbocycles. The van der Waals surface area contributed by atoms with Gasteiger partial charge in [-0.25, -0.2) is 0 Å². The summed E-state index contributed by atoms with van der Waals surface area (Å²) in [4.78, 5) is 12.7. The molecule has 1 aliphatic heterocycles. The third-order valence-corrected chi connectivity index (χ3v) is 5.88. The SMILES string of the molecule is C.[2HH].[B].[CH2-][C@@H]1C(=[N-])c2cc3c(cc2[C@@H](c2cc(CO)c(OC)c(OC)c2)[C@H]1C(C)=O)OCO3.[Y]. The van der Waals surface area contributed by atoms with Crippen molar-refractivity contribution >= 4 is 19.9 Å². The van der Waals surface area contributed by atoms with E-state index in [0.29, 0.717) is 34.1 Å². The second-order valence-corrected chi connectivity index (χ2v) is 7.47. The Bertz CT molecular complexity index is 1030. The fourth-order valence-electron chi connectivity index (χ4n) is 4.50. The molecule has 1 heterocycles. The van der Waals surface area contributed by atoms with Crippen molar-refractivity contribution in [2.24, 2.45) is 11.8 Å². The van der Waals surface area contributed by atoms with Crippen molar-refractivity contribution in [1.29, 1.82) is 0 Å². The molecule has 0 saturated carbocycles. The number of carbonyl (C=O) groups excluding carboxylic acids is 1. The van der Waals surface area contributed by atoms with Crippen LogP contribution in [-0.4, -0.2) is 46.0 Å². The van der Waals surface area contributed by atoms with Gasteiger partial charge in [0.05, 0.1) is 20.8 Å². The van der Waals surface area contributed by atoms with E-state index in [4.69, 9.17) is 18.9 Å². The molecular weight excluding hydrogens is 498 g/mol. The normalized spacial score (nSPS) is 19.9. The minimum atomic E-state index is -0.647. The van der Waals surface area contributed by atoms with E-state index in [9.17, 15) is 15.3 Å². The van der Waals surface area contributed by atoms with E-state index in [2.05, 4.69) is 6.92 Å². The molecule has 7 nitrogen and oxygen atoms in total. The van der Waals surface area contributed by atoms with E-state index in [-0.39, 0.29) is 74.9 Å². The first-order valence-corrected chi connectivity index (χ1v) is 9.60. The van der Waals surface area contributed by atoms with Gasteiger partial charge in [0.2, 0.25) is 6.79 Å². The molecule has 2 aliphatic rings. The minimum Gasteiger partial charge on any atom is -0.809 e. The Morgan fingerprint density at radius 2 is 1.85 bits per heavy atom. The Balaban J connectivity index is 0.00000272. The van der Waals surface area contributed by atoms with E-state index in [1.807, 2.05) is 0 Å². The van der Waals surface area contributed by atoms with Crippen LogP contribution in [0.3, 0.4) is 0 Å². The van der Waals surface area contributed by atoms with Crippen molar-refractivity contribution < 1.29 is 63.0 Å². The molecule has 174 valence electrons. The van der Waals surface area contributed by atoms with E-state index < -0.39 is 17.8 Å². The average Bonchev–Trinajstić information content (AvgIpc) is 3.21. The second-order valence-electron chi connectivity index (χ2n) is 7.47. The molecule has 2 aromatic rings. The number of rotatable bonds is 5. The van der Waals surface area contributed by atoms with Crippen LogP contribution in [0.2, 0.25) is 0 Å². The van der Waals surface area contributed by atoms with E-state index in [1.165, 1.54) is 21.1 Å². The molecule has 1 N–H and O–H groups in total. The Morgan fingerprint density at radius 1 is 1.21 bits per heavy atom. The average molecular weight is 528 g/mol. The van der Waals surface area contributed by atoms with Crippen LogP contribution in [0, 0.1) is 18.8 Å². The summed E-state index contributed by atoms with van der Waals surface area (Å²) in [5.74, 6) is 0.183. The first-order chi connectivity index (χ1) is 14.4. The molecule has 2 aromatic carbocycles. The van der Waals surface area contributed by atoms with Gasteiger partial charge in [-0.2, -0.15) is 11.6 Å². The molecule has 0 spiro atoms. The number of hydrogen-bond acceptors (Lipinski definition) is 6. The van der Waals surface area contributed by atoms with Gasteiger partial charge in [-0.15, -0.1) is 0 Å². The number of ether oxygens (including phenoxy) is 4. The number of aliphatic hydroxyl groups excluding tert-OH is 1. The van der Waals surface area contributed by atoms with Gasteiger partial charge in [0.1, 0.15) is 5.78 Å². The number of fused-ring (bicyclic) bond motifs is 2. The summed E-state index contributed by atoms with van der Waals surface area (Å²) in [6, 6.07) is 7.12. The Kier molecular flexibility index (Phi) is 10.2. The number of benzene rings is 2. The summed E-state index contributed by atoms with van der Waals surface area (Å²) in [6.07, 6.45) is 0. The first kappa shape index (κ1) is 29.1. The molecule has 3 atom stereocenters. The van der Waals surface area contributed by atoms with Crippen molar-refractivity contribution in [3.8, 4) is 23.0 Å². The zero-order valence-corrected chi connectivity index (χ0v) is 21.1. The van der Waals surface area contributed by atoms with Crippen LogP contribution in [0.5, 0.6) is 23.0 Å². The molecule has 4 radical (unpaired) electrons. The summed E-state index contributed by atoms with van der Waals surface area (Å²) in [7, 11) is 3.02. The van der Waals surface area contributed by atoms with E-state index in [1.54, 1.807) is 24.3 Å². The number of carbonyl (C=O) groups is 1. The number of aliphatic hydroxyl groups is 1. The number of ketones is 1. The van der Waals surface area contributed by atoms with Crippen LogP contribution in [0.25, 0.3) is 5.41 Å². The zero-order chi connectivity index (χ0) is 21.6. The molecule has 0 unspecified atom stereocenters. The molecule has 4 rings (SSSR count). The largest absolute Gasteiger partial charge is 0.809 e. The van der Waals surface area contributed by atoms with Gasteiger partial charge in [0.25, 0.3) is 0 Å². The Morgan fingerprint density at radius 3 is 2.39 bits per heavy atom. The first-order valence-electron chi connectivity index (χ1n) is 9.60. The van der Waals surface area contributed by atoms with Gasteiger partial charge in [-0.3, -0.25) is 4.79 Å². The van der Waals surface area contributed by atoms with Crippen molar-refractivity contribution in [3.63, 3.8) is 0 Å². The van der Waals surface area contributed by atoms with Gasteiger partial charge >= 0.3 is 0 Å². The topological polar surface area (TPSA) is 96.5 Å². The molecule has 0 amide bonds. The predicted octanol–water partition coefficient (Wildman–Crippen LogP) is 3.58. The Labute approximate surface area is 223 Å². The third-order valence-electron chi connectivity index (χ3n) is 5.88. The standard InChI is InChI=1S/C23H23NO6.CH4.B.Y.H2/c1-11-20(12(2)26)21(13-5-14(9-25)23(28-4)19(6-13)27-3)15-7-17-18(30-10-29-17)8-16(15)22(11)24;;;;/h5-8,11,20-21,25H,1,9-10H2,2-4H3;1H4;;;1H/q-2;;;;/t11-,20+,21+;;;;/m0..../s1/i;;;;1+1. The van der Waals surface area contributed by atoms with Crippen LogP contribution in [0.15, 0.2) is 24.3 Å². The maximum atomic E-state index is 12.7. The van der Waals surface area contributed by atoms with Crippen molar-refractivity contribution in [1.82, 2.24) is 0 Å². The number of methoxy groups -OCH3 is 2. The number of nitrogens with zero attached hydrogens (tertiary/aromatic N) is 1. The summed E-state index contributed by atoms with van der Waals surface area (Å²) < 4.78 is 21.9. The smallest absolute Gasteiger partial charge is 0.231 e. The van der Waals surface area contributed by atoms with Crippen LogP contribution < -0.4 is 18.9 Å². The van der Waals surface area contributed by atoms with Crippen molar-refractivity contribution in [2.75, 3.05) is 21.0 Å². The second kappa shape index (κ2) is 11.5. The van der Waals surface area contributed by atoms with Crippen molar-refractivity contribution in [2.45, 2.75) is 26.9 Å². The molecule has 0 fully saturated rings. The molecule has 0 aromatic heterocycles. The van der Waals surface area contributed by atoms with Gasteiger partial charge in [0.15, 0.2) is 23.0 Å². The maximum absolute atomic E-state index is 12.7. The van der Waals surface area contributed by atoms with Gasteiger partial charge < -0.3 is 36.4 Å². The monoisotopic (exact) mass is 528 g/mol. The van der Waals surface area contributed by atoms with Crippen LogP contribution in [0.1, 0.15) is 43.9 Å². The Hall–Kier alpha value is -1.89. The van der Waals surface area contributed by atoms with E-state index in [0.717, 1.165) is 11.1 Å². The predicted molar refractivity (Wildman–Crippen MR) is 125 cm³/mol.